The summed E-state index contributed by atoms with van der Waals surface area (Å²) in [6.07, 6.45) is 0.381. The van der Waals surface area contributed by atoms with Gasteiger partial charge < -0.3 is 10.2 Å². The highest BCUT2D eigenvalue weighted by molar-refractivity contribution is 7.99. The van der Waals surface area contributed by atoms with Crippen molar-refractivity contribution in [2.24, 2.45) is 0 Å². The average Bonchev–Trinajstić information content (AvgIpc) is 2.82. The maximum absolute atomic E-state index is 13.4. The van der Waals surface area contributed by atoms with Gasteiger partial charge in [-0.3, -0.25) is 9.59 Å². The van der Waals surface area contributed by atoms with Crippen LogP contribution in [0.3, 0.4) is 0 Å². The molecule has 172 valence electrons. The minimum Gasteiger partial charge on any atom is -0.357 e. The molecule has 0 aliphatic heterocycles. The normalized spacial score (nSPS) is 11.6. The number of benzene rings is 3. The van der Waals surface area contributed by atoms with E-state index in [0.29, 0.717) is 17.2 Å². The SMILES string of the molecule is CNC(=O)C(Cc1ccccc1)N(Cc1ccc(F)cc1)C(=O)CSCc1cccc(Cl)c1. The minimum absolute atomic E-state index is 0.157. The Bertz CT molecular complexity index is 1060. The van der Waals surface area contributed by atoms with Crippen LogP contribution in [0.5, 0.6) is 0 Å². The van der Waals surface area contributed by atoms with Crippen LogP contribution in [-0.4, -0.2) is 35.6 Å². The molecule has 1 N–H and O–H groups in total. The van der Waals surface area contributed by atoms with Gasteiger partial charge in [-0.05, 0) is 41.0 Å². The van der Waals surface area contributed by atoms with Gasteiger partial charge in [-0.25, -0.2) is 4.39 Å². The number of likely N-dealkylation sites (N-methyl/N-ethyl adjacent to an activating group) is 1. The van der Waals surface area contributed by atoms with Gasteiger partial charge in [0, 0.05) is 30.8 Å². The molecule has 0 heterocycles. The third kappa shape index (κ3) is 7.62. The summed E-state index contributed by atoms with van der Waals surface area (Å²) in [4.78, 5) is 27.8. The number of amides is 2. The molecule has 0 radical (unpaired) electrons. The van der Waals surface area contributed by atoms with E-state index in [2.05, 4.69) is 5.32 Å². The fourth-order valence-electron chi connectivity index (χ4n) is 3.47. The summed E-state index contributed by atoms with van der Waals surface area (Å²) in [5.74, 6) is 0.0848. The van der Waals surface area contributed by atoms with Crippen molar-refractivity contribution in [3.05, 3.63) is 106 Å². The molecule has 0 aliphatic rings. The Morgan fingerprint density at radius 3 is 2.33 bits per heavy atom. The number of halogens is 2. The predicted octanol–water partition coefficient (Wildman–Crippen LogP) is 5.10. The first-order valence-corrected chi connectivity index (χ1v) is 12.1. The highest BCUT2D eigenvalue weighted by Crippen LogP contribution is 2.20. The van der Waals surface area contributed by atoms with Crippen molar-refractivity contribution in [1.29, 1.82) is 0 Å². The van der Waals surface area contributed by atoms with Crippen LogP contribution in [0.1, 0.15) is 16.7 Å². The Morgan fingerprint density at radius 1 is 0.970 bits per heavy atom. The molecule has 4 nitrogen and oxygen atoms in total. The summed E-state index contributed by atoms with van der Waals surface area (Å²) in [6, 6.07) is 22.4. The topological polar surface area (TPSA) is 49.4 Å². The second kappa shape index (κ2) is 12.4. The molecule has 3 aromatic rings. The quantitative estimate of drug-likeness (QED) is 0.435. The van der Waals surface area contributed by atoms with Crippen LogP contribution >= 0.6 is 23.4 Å². The number of nitrogens with zero attached hydrogens (tertiary/aromatic N) is 1. The van der Waals surface area contributed by atoms with E-state index >= 15 is 0 Å². The molecule has 2 amide bonds. The van der Waals surface area contributed by atoms with Gasteiger partial charge in [0.05, 0.1) is 5.75 Å². The van der Waals surface area contributed by atoms with E-state index in [4.69, 9.17) is 11.6 Å². The Hall–Kier alpha value is -2.83. The number of thioether (sulfide) groups is 1. The second-order valence-corrected chi connectivity index (χ2v) is 9.01. The molecule has 33 heavy (non-hydrogen) atoms. The molecule has 0 bridgehead atoms. The van der Waals surface area contributed by atoms with Crippen LogP contribution in [0.2, 0.25) is 5.02 Å². The first-order chi connectivity index (χ1) is 16.0. The van der Waals surface area contributed by atoms with Gasteiger partial charge in [-0.2, -0.15) is 0 Å². The number of carbonyl (C=O) groups excluding carboxylic acids is 2. The molecule has 0 saturated heterocycles. The number of nitrogens with one attached hydrogen (secondary N) is 1. The zero-order valence-electron chi connectivity index (χ0n) is 18.3. The van der Waals surface area contributed by atoms with Crippen molar-refractivity contribution >= 4 is 35.2 Å². The van der Waals surface area contributed by atoms with E-state index in [0.717, 1.165) is 16.7 Å². The number of hydrogen-bond acceptors (Lipinski definition) is 3. The largest absolute Gasteiger partial charge is 0.357 e. The monoisotopic (exact) mass is 484 g/mol. The maximum atomic E-state index is 13.4. The van der Waals surface area contributed by atoms with Gasteiger partial charge >= 0.3 is 0 Å². The molecule has 1 atom stereocenters. The van der Waals surface area contributed by atoms with Crippen molar-refractivity contribution < 1.29 is 14.0 Å². The Labute approximate surface area is 203 Å². The van der Waals surface area contributed by atoms with Crippen molar-refractivity contribution in [1.82, 2.24) is 10.2 Å². The van der Waals surface area contributed by atoms with Gasteiger partial charge in [0.2, 0.25) is 11.8 Å². The average molecular weight is 485 g/mol. The molecule has 0 aliphatic carbocycles. The van der Waals surface area contributed by atoms with Crippen LogP contribution in [0.15, 0.2) is 78.9 Å². The molecular formula is C26H26ClFN2O2S. The third-order valence-electron chi connectivity index (χ3n) is 5.17. The van der Waals surface area contributed by atoms with Crippen LogP contribution in [-0.2, 0) is 28.3 Å². The van der Waals surface area contributed by atoms with Crippen LogP contribution in [0.4, 0.5) is 4.39 Å². The number of hydrogen-bond donors (Lipinski definition) is 1. The molecule has 0 fully saturated rings. The van der Waals surface area contributed by atoms with E-state index in [1.54, 1.807) is 24.1 Å². The highest BCUT2D eigenvalue weighted by atomic mass is 35.5. The lowest BCUT2D eigenvalue weighted by atomic mass is 10.0. The maximum Gasteiger partial charge on any atom is 0.242 e. The number of carbonyl (C=O) groups is 2. The van der Waals surface area contributed by atoms with E-state index in [-0.39, 0.29) is 29.9 Å². The van der Waals surface area contributed by atoms with Crippen molar-refractivity contribution in [2.45, 2.75) is 24.8 Å². The molecule has 1 unspecified atom stereocenters. The number of rotatable bonds is 10. The van der Waals surface area contributed by atoms with Gasteiger partial charge in [0.25, 0.3) is 0 Å². The van der Waals surface area contributed by atoms with E-state index in [1.807, 2.05) is 54.6 Å². The van der Waals surface area contributed by atoms with Gasteiger partial charge in [0.1, 0.15) is 11.9 Å². The summed E-state index contributed by atoms with van der Waals surface area (Å²) >= 11 is 7.52. The lowest BCUT2D eigenvalue weighted by Gasteiger charge is -2.31. The van der Waals surface area contributed by atoms with Gasteiger partial charge in [0.15, 0.2) is 0 Å². The molecule has 0 aromatic heterocycles. The Balaban J connectivity index is 1.80. The minimum atomic E-state index is -0.693. The van der Waals surface area contributed by atoms with Crippen LogP contribution in [0, 0.1) is 5.82 Å². The van der Waals surface area contributed by atoms with Crippen molar-refractivity contribution in [3.63, 3.8) is 0 Å². The second-order valence-electron chi connectivity index (χ2n) is 7.59. The molecule has 3 aromatic carbocycles. The lowest BCUT2D eigenvalue weighted by Crippen LogP contribution is -2.50. The van der Waals surface area contributed by atoms with Crippen LogP contribution in [0.25, 0.3) is 0 Å². The highest BCUT2D eigenvalue weighted by Gasteiger charge is 2.29. The molecular weight excluding hydrogens is 459 g/mol. The smallest absolute Gasteiger partial charge is 0.242 e. The van der Waals surface area contributed by atoms with E-state index in [9.17, 15) is 14.0 Å². The summed E-state index contributed by atoms with van der Waals surface area (Å²) in [7, 11) is 1.56. The molecule has 3 rings (SSSR count). The third-order valence-corrected chi connectivity index (χ3v) is 6.39. The van der Waals surface area contributed by atoms with Crippen molar-refractivity contribution in [2.75, 3.05) is 12.8 Å². The predicted molar refractivity (Wildman–Crippen MR) is 133 cm³/mol. The molecule has 7 heteroatoms. The summed E-state index contributed by atoms with van der Waals surface area (Å²) < 4.78 is 13.4. The fourth-order valence-corrected chi connectivity index (χ4v) is 4.54. The van der Waals surface area contributed by atoms with Crippen molar-refractivity contribution in [3.8, 4) is 0 Å². The van der Waals surface area contributed by atoms with Gasteiger partial charge in [-0.15, -0.1) is 11.8 Å². The van der Waals surface area contributed by atoms with E-state index in [1.165, 1.54) is 23.9 Å². The molecule has 0 saturated carbocycles. The first kappa shape index (κ1) is 24.8. The fraction of sp³-hybridized carbons (Fsp3) is 0.231. The lowest BCUT2D eigenvalue weighted by molar-refractivity contribution is -0.139. The summed E-state index contributed by atoms with van der Waals surface area (Å²) in [5.41, 5.74) is 2.73. The van der Waals surface area contributed by atoms with Gasteiger partial charge in [-0.1, -0.05) is 66.2 Å². The standard InChI is InChI=1S/C26H26ClFN2O2S/c1-29-26(32)24(15-19-6-3-2-4-7-19)30(16-20-10-12-23(28)13-11-20)25(31)18-33-17-21-8-5-9-22(27)14-21/h2-14,24H,15-18H2,1H3,(H,29,32). The zero-order valence-corrected chi connectivity index (χ0v) is 19.9. The Kier molecular flexibility index (Phi) is 9.34. The molecule has 0 spiro atoms. The summed E-state index contributed by atoms with van der Waals surface area (Å²) in [6.45, 7) is 0.210. The zero-order chi connectivity index (χ0) is 23.6. The Morgan fingerprint density at radius 2 is 1.67 bits per heavy atom. The van der Waals surface area contributed by atoms with E-state index < -0.39 is 6.04 Å². The first-order valence-electron chi connectivity index (χ1n) is 10.6. The summed E-state index contributed by atoms with van der Waals surface area (Å²) in [5, 5.41) is 3.34. The van der Waals surface area contributed by atoms with Crippen LogP contribution < -0.4 is 5.32 Å².